The molecule has 4 rings (SSSR count). The first-order chi connectivity index (χ1) is 14.0. The van der Waals surface area contributed by atoms with Gasteiger partial charge in [0.1, 0.15) is 0 Å². The predicted molar refractivity (Wildman–Crippen MR) is 113 cm³/mol. The number of methoxy groups -OCH3 is 1. The molecule has 29 heavy (non-hydrogen) atoms. The Hall–Kier alpha value is -3.64. The van der Waals surface area contributed by atoms with Gasteiger partial charge in [-0.3, -0.25) is 9.59 Å². The zero-order valence-corrected chi connectivity index (χ0v) is 16.0. The average Bonchev–Trinajstić information content (AvgIpc) is 3.02. The van der Waals surface area contributed by atoms with E-state index in [1.807, 2.05) is 36.4 Å². The molecule has 0 atom stereocenters. The van der Waals surface area contributed by atoms with Crippen molar-refractivity contribution in [2.24, 2.45) is 11.5 Å². The van der Waals surface area contributed by atoms with Crippen LogP contribution in [0.1, 0.15) is 31.8 Å². The van der Waals surface area contributed by atoms with Crippen molar-refractivity contribution in [3.63, 3.8) is 0 Å². The summed E-state index contributed by atoms with van der Waals surface area (Å²) in [5.41, 5.74) is 15.9. The van der Waals surface area contributed by atoms with Crippen LogP contribution in [0, 0.1) is 0 Å². The monoisotopic (exact) mass is 387 g/mol. The highest BCUT2D eigenvalue weighted by atomic mass is 16.5. The molecule has 1 aromatic heterocycles. The SMILES string of the molecule is COCc1ccc2c3c(C(N)=O)cccc3n(Cc3ccc(C(N)=O)cc3)c2c1. The van der Waals surface area contributed by atoms with Gasteiger partial charge in [-0.25, -0.2) is 0 Å². The number of carbonyl (C=O) groups is 2. The quantitative estimate of drug-likeness (QED) is 0.531. The Balaban J connectivity index is 1.94. The topological polar surface area (TPSA) is 100 Å². The number of nitrogens with zero attached hydrogens (tertiary/aromatic N) is 1. The van der Waals surface area contributed by atoms with Crippen molar-refractivity contribution in [1.82, 2.24) is 4.57 Å². The number of rotatable bonds is 6. The fourth-order valence-electron chi connectivity index (χ4n) is 3.78. The van der Waals surface area contributed by atoms with Crippen LogP contribution in [0.2, 0.25) is 0 Å². The lowest BCUT2D eigenvalue weighted by Gasteiger charge is -2.09. The number of primary amides is 2. The second kappa shape index (κ2) is 7.41. The number of amides is 2. The maximum absolute atomic E-state index is 12.0. The standard InChI is InChI=1S/C23H21N3O3/c1-29-13-15-7-10-17-20(11-15)26(12-14-5-8-16(9-6-14)22(24)27)19-4-2-3-18(21(17)19)23(25)28/h2-11H,12-13H2,1H3,(H2,24,27)(H2,25,28). The summed E-state index contributed by atoms with van der Waals surface area (Å²) in [6, 6.07) is 18.8. The Labute approximate surface area is 167 Å². The van der Waals surface area contributed by atoms with Gasteiger partial charge in [-0.05, 0) is 41.5 Å². The van der Waals surface area contributed by atoms with Crippen molar-refractivity contribution in [2.75, 3.05) is 7.11 Å². The minimum atomic E-state index is -0.457. The van der Waals surface area contributed by atoms with E-state index in [0.717, 1.165) is 32.9 Å². The first-order valence-electron chi connectivity index (χ1n) is 9.21. The number of hydrogen-bond donors (Lipinski definition) is 2. The lowest BCUT2D eigenvalue weighted by Crippen LogP contribution is -2.11. The lowest BCUT2D eigenvalue weighted by molar-refractivity contribution is 0.0992. The third kappa shape index (κ3) is 3.34. The summed E-state index contributed by atoms with van der Waals surface area (Å²) in [5.74, 6) is -0.912. The second-order valence-electron chi connectivity index (χ2n) is 7.00. The molecular weight excluding hydrogens is 366 g/mol. The smallest absolute Gasteiger partial charge is 0.249 e. The van der Waals surface area contributed by atoms with Crippen LogP contribution in [0.5, 0.6) is 0 Å². The molecule has 3 aromatic carbocycles. The molecule has 0 aliphatic heterocycles. The summed E-state index contributed by atoms with van der Waals surface area (Å²) in [7, 11) is 1.66. The van der Waals surface area contributed by atoms with Gasteiger partial charge in [0.2, 0.25) is 11.8 Å². The van der Waals surface area contributed by atoms with Gasteiger partial charge in [0.15, 0.2) is 0 Å². The first kappa shape index (κ1) is 18.7. The zero-order chi connectivity index (χ0) is 20.5. The van der Waals surface area contributed by atoms with Gasteiger partial charge >= 0.3 is 0 Å². The molecule has 6 heteroatoms. The Kier molecular flexibility index (Phi) is 4.78. The number of ether oxygens (including phenoxy) is 1. The van der Waals surface area contributed by atoms with Crippen LogP contribution in [0.3, 0.4) is 0 Å². The number of fused-ring (bicyclic) bond motifs is 3. The minimum Gasteiger partial charge on any atom is -0.380 e. The molecule has 0 saturated carbocycles. The fraction of sp³-hybridized carbons (Fsp3) is 0.130. The molecule has 1 heterocycles. The summed E-state index contributed by atoms with van der Waals surface area (Å²) in [6.45, 7) is 1.06. The van der Waals surface area contributed by atoms with Gasteiger partial charge in [0.25, 0.3) is 0 Å². The zero-order valence-electron chi connectivity index (χ0n) is 16.0. The van der Waals surface area contributed by atoms with E-state index < -0.39 is 11.8 Å². The predicted octanol–water partition coefficient (Wildman–Crippen LogP) is 3.19. The summed E-state index contributed by atoms with van der Waals surface area (Å²) in [5, 5.41) is 1.80. The van der Waals surface area contributed by atoms with Crippen molar-refractivity contribution in [3.05, 3.63) is 82.9 Å². The van der Waals surface area contributed by atoms with E-state index >= 15 is 0 Å². The van der Waals surface area contributed by atoms with E-state index in [9.17, 15) is 9.59 Å². The third-order valence-corrected chi connectivity index (χ3v) is 5.11. The van der Waals surface area contributed by atoms with Gasteiger partial charge < -0.3 is 20.8 Å². The Morgan fingerprint density at radius 2 is 1.62 bits per heavy atom. The molecule has 0 aliphatic rings. The molecule has 0 fully saturated rings. The summed E-state index contributed by atoms with van der Waals surface area (Å²) in [6.07, 6.45) is 0. The summed E-state index contributed by atoms with van der Waals surface area (Å²) in [4.78, 5) is 23.4. The average molecular weight is 387 g/mol. The van der Waals surface area contributed by atoms with Crippen molar-refractivity contribution in [3.8, 4) is 0 Å². The fourth-order valence-corrected chi connectivity index (χ4v) is 3.78. The maximum Gasteiger partial charge on any atom is 0.249 e. The van der Waals surface area contributed by atoms with Crippen LogP contribution in [-0.2, 0) is 17.9 Å². The molecule has 2 amide bonds. The van der Waals surface area contributed by atoms with E-state index in [4.69, 9.17) is 16.2 Å². The normalized spacial score (nSPS) is 11.2. The van der Waals surface area contributed by atoms with Gasteiger partial charge in [-0.2, -0.15) is 0 Å². The van der Waals surface area contributed by atoms with Gasteiger partial charge in [0, 0.05) is 41.1 Å². The largest absolute Gasteiger partial charge is 0.380 e. The van der Waals surface area contributed by atoms with E-state index in [1.54, 1.807) is 25.3 Å². The highest BCUT2D eigenvalue weighted by Crippen LogP contribution is 2.33. The maximum atomic E-state index is 12.0. The molecule has 4 N–H and O–H groups in total. The first-order valence-corrected chi connectivity index (χ1v) is 9.21. The van der Waals surface area contributed by atoms with Crippen LogP contribution in [-0.4, -0.2) is 23.5 Å². The van der Waals surface area contributed by atoms with Crippen LogP contribution < -0.4 is 11.5 Å². The second-order valence-corrected chi connectivity index (χ2v) is 7.00. The number of nitrogens with two attached hydrogens (primary N) is 2. The van der Waals surface area contributed by atoms with Gasteiger partial charge in [-0.1, -0.05) is 30.3 Å². The van der Waals surface area contributed by atoms with E-state index in [-0.39, 0.29) is 0 Å². The van der Waals surface area contributed by atoms with Crippen molar-refractivity contribution in [1.29, 1.82) is 0 Å². The Morgan fingerprint density at radius 1 is 0.897 bits per heavy atom. The van der Waals surface area contributed by atoms with E-state index in [2.05, 4.69) is 10.6 Å². The number of carbonyl (C=O) groups excluding carboxylic acids is 2. The molecule has 0 radical (unpaired) electrons. The Bertz CT molecular complexity index is 1240. The molecule has 146 valence electrons. The van der Waals surface area contributed by atoms with Crippen molar-refractivity contribution >= 4 is 33.6 Å². The molecule has 6 nitrogen and oxygen atoms in total. The van der Waals surface area contributed by atoms with E-state index in [1.165, 1.54) is 0 Å². The minimum absolute atomic E-state index is 0.455. The molecule has 0 unspecified atom stereocenters. The summed E-state index contributed by atoms with van der Waals surface area (Å²) < 4.78 is 7.43. The van der Waals surface area contributed by atoms with Crippen LogP contribution in [0.25, 0.3) is 21.8 Å². The molecule has 0 bridgehead atoms. The molecule has 0 aliphatic carbocycles. The van der Waals surface area contributed by atoms with Crippen molar-refractivity contribution in [2.45, 2.75) is 13.2 Å². The summed E-state index contributed by atoms with van der Waals surface area (Å²) >= 11 is 0. The van der Waals surface area contributed by atoms with Gasteiger partial charge in [0.05, 0.1) is 12.1 Å². The molecular formula is C23H21N3O3. The number of aromatic nitrogens is 1. The van der Waals surface area contributed by atoms with Crippen molar-refractivity contribution < 1.29 is 14.3 Å². The van der Waals surface area contributed by atoms with Gasteiger partial charge in [-0.15, -0.1) is 0 Å². The number of hydrogen-bond acceptors (Lipinski definition) is 3. The highest BCUT2D eigenvalue weighted by Gasteiger charge is 2.17. The Morgan fingerprint density at radius 3 is 2.28 bits per heavy atom. The molecule has 0 spiro atoms. The third-order valence-electron chi connectivity index (χ3n) is 5.11. The van der Waals surface area contributed by atoms with Crippen LogP contribution >= 0.6 is 0 Å². The molecule has 4 aromatic rings. The van der Waals surface area contributed by atoms with Crippen LogP contribution in [0.4, 0.5) is 0 Å². The van der Waals surface area contributed by atoms with Crippen LogP contribution in [0.15, 0.2) is 60.7 Å². The number of benzene rings is 3. The lowest BCUT2D eigenvalue weighted by atomic mass is 10.0. The van der Waals surface area contributed by atoms with E-state index in [0.29, 0.717) is 24.3 Å². The highest BCUT2D eigenvalue weighted by molar-refractivity contribution is 6.18. The molecule has 0 saturated heterocycles.